The Hall–Kier alpha value is -3.00. The van der Waals surface area contributed by atoms with E-state index in [-0.39, 0.29) is 12.5 Å². The minimum Gasteiger partial charge on any atom is -0.497 e. The van der Waals surface area contributed by atoms with Crippen LogP contribution in [-0.2, 0) is 6.54 Å². The van der Waals surface area contributed by atoms with Gasteiger partial charge < -0.3 is 14.8 Å². The highest BCUT2D eigenvalue weighted by atomic mass is 32.2. The molecule has 0 aliphatic rings. The van der Waals surface area contributed by atoms with Gasteiger partial charge in [-0.15, -0.1) is 10.2 Å². The van der Waals surface area contributed by atoms with Gasteiger partial charge in [0.25, 0.3) is 5.91 Å². The summed E-state index contributed by atoms with van der Waals surface area (Å²) in [5, 5.41) is 12.0. The number of carbonyl (C=O) groups excluding carboxylic acids is 1. The molecule has 0 atom stereocenters. The number of nitrogens with zero attached hydrogens (tertiary/aromatic N) is 3. The summed E-state index contributed by atoms with van der Waals surface area (Å²) in [6.45, 7) is 0.224. The number of thioether (sulfide) groups is 1. The van der Waals surface area contributed by atoms with Gasteiger partial charge in [-0.05, 0) is 36.6 Å². The molecule has 3 aromatic rings. The lowest BCUT2D eigenvalue weighted by molar-refractivity contribution is 0.0949. The lowest BCUT2D eigenvalue weighted by Gasteiger charge is -2.13. The van der Waals surface area contributed by atoms with Crippen LogP contribution in [0, 0.1) is 0 Å². The maximum atomic E-state index is 12.5. The van der Waals surface area contributed by atoms with E-state index in [9.17, 15) is 4.79 Å². The second kappa shape index (κ2) is 8.59. The van der Waals surface area contributed by atoms with E-state index in [0.717, 1.165) is 5.69 Å². The Balaban J connectivity index is 1.85. The van der Waals surface area contributed by atoms with E-state index in [0.29, 0.717) is 28.0 Å². The van der Waals surface area contributed by atoms with Crippen molar-refractivity contribution in [2.75, 3.05) is 20.5 Å². The Kier molecular flexibility index (Phi) is 5.97. The van der Waals surface area contributed by atoms with E-state index in [1.165, 1.54) is 11.8 Å². The summed E-state index contributed by atoms with van der Waals surface area (Å²) in [5.74, 6) is 1.73. The largest absolute Gasteiger partial charge is 0.497 e. The molecule has 1 aromatic heterocycles. The summed E-state index contributed by atoms with van der Waals surface area (Å²) < 4.78 is 12.5. The van der Waals surface area contributed by atoms with Gasteiger partial charge in [0, 0.05) is 5.56 Å². The number of para-hydroxylation sites is 2. The van der Waals surface area contributed by atoms with Gasteiger partial charge in [-0.3, -0.25) is 9.36 Å². The summed E-state index contributed by atoms with van der Waals surface area (Å²) >= 11 is 1.47. The second-order valence-corrected chi connectivity index (χ2v) is 6.30. The number of carbonyl (C=O) groups is 1. The second-order valence-electron chi connectivity index (χ2n) is 5.52. The number of methoxy groups -OCH3 is 2. The summed E-state index contributed by atoms with van der Waals surface area (Å²) in [6, 6.07) is 14.6. The molecule has 3 rings (SSSR count). The molecular formula is C19H20N4O3S. The first-order valence-electron chi connectivity index (χ1n) is 8.22. The smallest absolute Gasteiger partial charge is 0.251 e. The average Bonchev–Trinajstić information content (AvgIpc) is 3.14. The van der Waals surface area contributed by atoms with E-state index in [4.69, 9.17) is 9.47 Å². The monoisotopic (exact) mass is 384 g/mol. The number of hydrogen-bond donors (Lipinski definition) is 1. The molecule has 1 amide bonds. The van der Waals surface area contributed by atoms with Crippen LogP contribution in [0.3, 0.4) is 0 Å². The standard InChI is InChI=1S/C19H20N4O3S/c1-25-14-8-6-7-13(11-14)18(24)20-12-17-21-22-19(27-3)23(17)15-9-4-5-10-16(15)26-2/h4-11H,12H2,1-3H3,(H,20,24). The van der Waals surface area contributed by atoms with E-state index in [1.807, 2.05) is 35.1 Å². The molecule has 8 heteroatoms. The molecular weight excluding hydrogens is 364 g/mol. The van der Waals surface area contributed by atoms with Gasteiger partial charge in [-0.25, -0.2) is 0 Å². The van der Waals surface area contributed by atoms with Crippen molar-refractivity contribution in [3.8, 4) is 17.2 Å². The van der Waals surface area contributed by atoms with Gasteiger partial charge in [0.05, 0.1) is 26.5 Å². The molecule has 0 saturated heterocycles. The fourth-order valence-electron chi connectivity index (χ4n) is 2.63. The first-order chi connectivity index (χ1) is 13.2. The molecule has 1 heterocycles. The normalized spacial score (nSPS) is 10.5. The highest BCUT2D eigenvalue weighted by Crippen LogP contribution is 2.27. The van der Waals surface area contributed by atoms with Crippen molar-refractivity contribution in [2.24, 2.45) is 0 Å². The SMILES string of the molecule is COc1cccc(C(=O)NCc2nnc(SC)n2-c2ccccc2OC)c1. The summed E-state index contributed by atoms with van der Waals surface area (Å²) in [6.07, 6.45) is 1.93. The van der Waals surface area contributed by atoms with Crippen LogP contribution in [0.2, 0.25) is 0 Å². The van der Waals surface area contributed by atoms with Crippen LogP contribution in [-0.4, -0.2) is 41.1 Å². The van der Waals surface area contributed by atoms with E-state index in [1.54, 1.807) is 38.5 Å². The molecule has 0 fully saturated rings. The zero-order valence-electron chi connectivity index (χ0n) is 15.3. The third-order valence-electron chi connectivity index (χ3n) is 3.95. The number of ether oxygens (including phenoxy) is 2. The first-order valence-corrected chi connectivity index (χ1v) is 9.44. The molecule has 0 unspecified atom stereocenters. The number of aromatic nitrogens is 3. The minimum absolute atomic E-state index is 0.214. The third kappa shape index (κ3) is 4.06. The van der Waals surface area contributed by atoms with Gasteiger partial charge in [0.1, 0.15) is 11.5 Å². The third-order valence-corrected chi connectivity index (χ3v) is 4.58. The molecule has 140 valence electrons. The van der Waals surface area contributed by atoms with Crippen molar-refractivity contribution in [3.05, 3.63) is 59.9 Å². The van der Waals surface area contributed by atoms with Crippen molar-refractivity contribution in [1.82, 2.24) is 20.1 Å². The van der Waals surface area contributed by atoms with Crippen molar-refractivity contribution in [3.63, 3.8) is 0 Å². The number of rotatable bonds is 7. The van der Waals surface area contributed by atoms with Crippen LogP contribution in [0.5, 0.6) is 11.5 Å². The maximum absolute atomic E-state index is 12.5. The van der Waals surface area contributed by atoms with Gasteiger partial charge >= 0.3 is 0 Å². The Morgan fingerprint density at radius 1 is 1.11 bits per heavy atom. The molecule has 2 aromatic carbocycles. The highest BCUT2D eigenvalue weighted by molar-refractivity contribution is 7.98. The molecule has 27 heavy (non-hydrogen) atoms. The van der Waals surface area contributed by atoms with Crippen molar-refractivity contribution in [2.45, 2.75) is 11.7 Å². The molecule has 0 spiro atoms. The molecule has 7 nitrogen and oxygen atoms in total. The van der Waals surface area contributed by atoms with E-state index >= 15 is 0 Å². The molecule has 0 radical (unpaired) electrons. The minimum atomic E-state index is -0.214. The predicted molar refractivity (Wildman–Crippen MR) is 104 cm³/mol. The molecule has 0 aliphatic heterocycles. The fourth-order valence-corrected chi connectivity index (χ4v) is 3.14. The Morgan fingerprint density at radius 3 is 2.67 bits per heavy atom. The van der Waals surface area contributed by atoms with Gasteiger partial charge in [0.2, 0.25) is 0 Å². The lowest BCUT2D eigenvalue weighted by Crippen LogP contribution is -2.24. The number of amides is 1. The summed E-state index contributed by atoms with van der Waals surface area (Å²) in [7, 11) is 3.18. The van der Waals surface area contributed by atoms with E-state index in [2.05, 4.69) is 15.5 Å². The van der Waals surface area contributed by atoms with E-state index < -0.39 is 0 Å². The predicted octanol–water partition coefficient (Wildman–Crippen LogP) is 2.94. The summed E-state index contributed by atoms with van der Waals surface area (Å²) in [5.41, 5.74) is 1.34. The molecule has 1 N–H and O–H groups in total. The fraction of sp³-hybridized carbons (Fsp3) is 0.211. The zero-order valence-corrected chi connectivity index (χ0v) is 16.1. The number of hydrogen-bond acceptors (Lipinski definition) is 6. The first kappa shape index (κ1) is 18.8. The lowest BCUT2D eigenvalue weighted by atomic mass is 10.2. The van der Waals surface area contributed by atoms with Crippen molar-refractivity contribution >= 4 is 17.7 Å². The van der Waals surface area contributed by atoms with Gasteiger partial charge in [-0.1, -0.05) is 30.0 Å². The molecule has 0 aliphatic carbocycles. The Bertz CT molecular complexity index is 942. The van der Waals surface area contributed by atoms with Crippen LogP contribution in [0.15, 0.2) is 53.7 Å². The van der Waals surface area contributed by atoms with Crippen LogP contribution >= 0.6 is 11.8 Å². The number of benzene rings is 2. The Morgan fingerprint density at radius 2 is 1.93 bits per heavy atom. The number of nitrogens with one attached hydrogen (secondary N) is 1. The summed E-state index contributed by atoms with van der Waals surface area (Å²) in [4.78, 5) is 12.5. The van der Waals surface area contributed by atoms with Crippen LogP contribution in [0.4, 0.5) is 0 Å². The van der Waals surface area contributed by atoms with Crippen molar-refractivity contribution < 1.29 is 14.3 Å². The average molecular weight is 384 g/mol. The highest BCUT2D eigenvalue weighted by Gasteiger charge is 2.17. The topological polar surface area (TPSA) is 78.3 Å². The maximum Gasteiger partial charge on any atom is 0.251 e. The molecule has 0 saturated carbocycles. The quantitative estimate of drug-likeness (QED) is 0.631. The van der Waals surface area contributed by atoms with Gasteiger partial charge in [0.15, 0.2) is 11.0 Å². The van der Waals surface area contributed by atoms with Crippen LogP contribution in [0.25, 0.3) is 5.69 Å². The van der Waals surface area contributed by atoms with Crippen LogP contribution < -0.4 is 14.8 Å². The Labute approximate surface area is 161 Å². The zero-order chi connectivity index (χ0) is 19.2. The van der Waals surface area contributed by atoms with Gasteiger partial charge in [-0.2, -0.15) is 0 Å². The van der Waals surface area contributed by atoms with Crippen LogP contribution in [0.1, 0.15) is 16.2 Å². The molecule has 0 bridgehead atoms. The van der Waals surface area contributed by atoms with Crippen molar-refractivity contribution in [1.29, 1.82) is 0 Å².